The van der Waals surface area contributed by atoms with Gasteiger partial charge in [-0.3, -0.25) is 4.79 Å². The highest BCUT2D eigenvalue weighted by molar-refractivity contribution is 5.33. The molecule has 0 unspecified atom stereocenters. The van der Waals surface area contributed by atoms with Gasteiger partial charge in [-0.1, -0.05) is 0 Å². The highest BCUT2D eigenvalue weighted by Crippen LogP contribution is 2.21. The lowest BCUT2D eigenvalue weighted by atomic mass is 10.1. The first-order chi connectivity index (χ1) is 8.88. The highest BCUT2D eigenvalue weighted by Gasteiger charge is 2.18. The van der Waals surface area contributed by atoms with Crippen molar-refractivity contribution in [1.29, 1.82) is 0 Å². The molecule has 0 spiro atoms. The van der Waals surface area contributed by atoms with Crippen LogP contribution in [0, 0.1) is 0 Å². The zero-order valence-electron chi connectivity index (χ0n) is 11.1. The minimum absolute atomic E-state index is 0.147. The van der Waals surface area contributed by atoms with Crippen LogP contribution >= 0.6 is 0 Å². The van der Waals surface area contributed by atoms with Gasteiger partial charge in [0.1, 0.15) is 11.5 Å². The number of nitrogens with zero attached hydrogens (tertiary/aromatic N) is 2. The van der Waals surface area contributed by atoms with Gasteiger partial charge >= 0.3 is 5.56 Å². The molecule has 100 valence electrons. The van der Waals surface area contributed by atoms with E-state index in [-0.39, 0.29) is 17.1 Å². The molecule has 19 heavy (non-hydrogen) atoms. The minimum atomic E-state index is -0.411. The summed E-state index contributed by atoms with van der Waals surface area (Å²) in [6, 6.07) is 7.71. The summed E-state index contributed by atoms with van der Waals surface area (Å²) in [6.45, 7) is 5.68. The van der Waals surface area contributed by atoms with E-state index >= 15 is 0 Å². The van der Waals surface area contributed by atoms with E-state index < -0.39 is 5.54 Å². The Morgan fingerprint density at radius 1 is 1.16 bits per heavy atom. The van der Waals surface area contributed by atoms with Gasteiger partial charge in [-0.2, -0.15) is 5.10 Å². The third-order valence-electron chi connectivity index (χ3n) is 2.51. The van der Waals surface area contributed by atoms with Gasteiger partial charge in [-0.25, -0.2) is 4.68 Å². The first kappa shape index (κ1) is 13.1. The maximum atomic E-state index is 12.2. The SMILES string of the molecule is CC(C)(C)n1nccc(Oc2ccc(O)cc2)c1=O. The molecular formula is C14H16N2O3. The lowest BCUT2D eigenvalue weighted by molar-refractivity contribution is 0.327. The van der Waals surface area contributed by atoms with Gasteiger partial charge in [0.25, 0.3) is 0 Å². The molecule has 5 heteroatoms. The molecule has 0 saturated heterocycles. The van der Waals surface area contributed by atoms with Gasteiger partial charge in [-0.05, 0) is 45.0 Å². The first-order valence-corrected chi connectivity index (χ1v) is 5.93. The average Bonchev–Trinajstić information content (AvgIpc) is 2.33. The molecule has 2 rings (SSSR count). The fourth-order valence-corrected chi connectivity index (χ4v) is 1.59. The molecule has 0 amide bonds. The van der Waals surface area contributed by atoms with Crippen molar-refractivity contribution in [3.05, 3.63) is 46.9 Å². The van der Waals surface area contributed by atoms with E-state index in [9.17, 15) is 9.90 Å². The van der Waals surface area contributed by atoms with E-state index in [0.29, 0.717) is 5.75 Å². The zero-order valence-corrected chi connectivity index (χ0v) is 11.1. The number of hydrogen-bond acceptors (Lipinski definition) is 4. The summed E-state index contributed by atoms with van der Waals surface area (Å²) in [7, 11) is 0. The largest absolute Gasteiger partial charge is 0.508 e. The van der Waals surface area contributed by atoms with Crippen molar-refractivity contribution in [2.75, 3.05) is 0 Å². The molecule has 5 nitrogen and oxygen atoms in total. The number of phenolic OH excluding ortho intramolecular Hbond substituents is 1. The molecule has 0 aliphatic rings. The van der Waals surface area contributed by atoms with Crippen LogP contribution < -0.4 is 10.3 Å². The van der Waals surface area contributed by atoms with Crippen LogP contribution in [0.4, 0.5) is 0 Å². The molecule has 0 radical (unpaired) electrons. The van der Waals surface area contributed by atoms with Gasteiger partial charge in [0, 0.05) is 6.07 Å². The fourth-order valence-electron chi connectivity index (χ4n) is 1.59. The minimum Gasteiger partial charge on any atom is -0.508 e. The van der Waals surface area contributed by atoms with E-state index in [1.165, 1.54) is 29.1 Å². The lowest BCUT2D eigenvalue weighted by Crippen LogP contribution is -2.35. The number of benzene rings is 1. The number of rotatable bonds is 2. The summed E-state index contributed by atoms with van der Waals surface area (Å²) in [5.74, 6) is 0.839. The zero-order chi connectivity index (χ0) is 14.0. The molecule has 1 N–H and O–H groups in total. The van der Waals surface area contributed by atoms with Crippen molar-refractivity contribution in [2.45, 2.75) is 26.3 Å². The van der Waals surface area contributed by atoms with Crippen LogP contribution in [0.1, 0.15) is 20.8 Å². The van der Waals surface area contributed by atoms with Gasteiger partial charge in [0.2, 0.25) is 0 Å². The summed E-state index contributed by atoms with van der Waals surface area (Å²) in [5, 5.41) is 13.2. The smallest absolute Gasteiger partial charge is 0.310 e. The summed E-state index contributed by atoms with van der Waals surface area (Å²) >= 11 is 0. The second-order valence-electron chi connectivity index (χ2n) is 5.18. The molecule has 0 aliphatic carbocycles. The second kappa shape index (κ2) is 4.76. The topological polar surface area (TPSA) is 64.3 Å². The van der Waals surface area contributed by atoms with Crippen LogP contribution in [0.2, 0.25) is 0 Å². The molecule has 0 bridgehead atoms. The molecule has 0 saturated carbocycles. The van der Waals surface area contributed by atoms with Crippen LogP contribution in [-0.4, -0.2) is 14.9 Å². The summed E-state index contributed by atoms with van der Waals surface area (Å²) in [5.41, 5.74) is -0.700. The highest BCUT2D eigenvalue weighted by atomic mass is 16.5. The van der Waals surface area contributed by atoms with Crippen molar-refractivity contribution < 1.29 is 9.84 Å². The second-order valence-corrected chi connectivity index (χ2v) is 5.18. The van der Waals surface area contributed by atoms with E-state index in [1.807, 2.05) is 20.8 Å². The van der Waals surface area contributed by atoms with E-state index in [4.69, 9.17) is 4.74 Å². The molecule has 1 aromatic heterocycles. The number of aromatic hydroxyl groups is 1. The van der Waals surface area contributed by atoms with Crippen LogP contribution in [0.5, 0.6) is 17.2 Å². The Labute approximate surface area is 111 Å². The monoisotopic (exact) mass is 260 g/mol. The van der Waals surface area contributed by atoms with Gasteiger partial charge < -0.3 is 9.84 Å². The molecule has 1 heterocycles. The van der Waals surface area contributed by atoms with Gasteiger partial charge in [0.05, 0.1) is 11.7 Å². The van der Waals surface area contributed by atoms with Crippen LogP contribution in [0.25, 0.3) is 0 Å². The van der Waals surface area contributed by atoms with Crippen molar-refractivity contribution >= 4 is 0 Å². The number of phenols is 1. The molecular weight excluding hydrogens is 244 g/mol. The molecule has 0 aliphatic heterocycles. The summed E-state index contributed by atoms with van der Waals surface area (Å²) in [6.07, 6.45) is 1.53. The quantitative estimate of drug-likeness (QED) is 0.901. The van der Waals surface area contributed by atoms with E-state index in [2.05, 4.69) is 5.10 Å². The Hall–Kier alpha value is -2.30. The standard InChI is InChI=1S/C14H16N2O3/c1-14(2,3)16-13(18)12(8-9-15-16)19-11-6-4-10(17)5-7-11/h4-9,17H,1-3H3. The Kier molecular flexibility index (Phi) is 3.29. The van der Waals surface area contributed by atoms with Crippen LogP contribution in [0.3, 0.4) is 0 Å². The predicted molar refractivity (Wildman–Crippen MR) is 71.7 cm³/mol. The summed E-state index contributed by atoms with van der Waals surface area (Å²) in [4.78, 5) is 12.2. The van der Waals surface area contributed by atoms with Crippen molar-refractivity contribution in [1.82, 2.24) is 9.78 Å². The maximum absolute atomic E-state index is 12.2. The number of hydrogen-bond donors (Lipinski definition) is 1. The van der Waals surface area contributed by atoms with Gasteiger partial charge in [0.15, 0.2) is 5.75 Å². The Balaban J connectivity index is 2.37. The Morgan fingerprint density at radius 2 is 1.79 bits per heavy atom. The summed E-state index contributed by atoms with van der Waals surface area (Å²) < 4.78 is 6.89. The third-order valence-corrected chi connectivity index (χ3v) is 2.51. The van der Waals surface area contributed by atoms with E-state index in [0.717, 1.165) is 0 Å². The number of ether oxygens (including phenoxy) is 1. The molecule has 0 fully saturated rings. The molecule has 0 atom stereocenters. The molecule has 1 aromatic carbocycles. The van der Waals surface area contributed by atoms with Crippen LogP contribution in [-0.2, 0) is 5.54 Å². The Bertz CT molecular complexity index is 624. The lowest BCUT2D eigenvalue weighted by Gasteiger charge is -2.20. The van der Waals surface area contributed by atoms with E-state index in [1.54, 1.807) is 12.1 Å². The average molecular weight is 260 g/mol. The van der Waals surface area contributed by atoms with Crippen molar-refractivity contribution in [2.24, 2.45) is 0 Å². The van der Waals surface area contributed by atoms with Crippen molar-refractivity contribution in [3.8, 4) is 17.2 Å². The predicted octanol–water partition coefficient (Wildman–Crippen LogP) is 2.50. The van der Waals surface area contributed by atoms with Crippen LogP contribution in [0.15, 0.2) is 41.3 Å². The fraction of sp³-hybridized carbons (Fsp3) is 0.286. The molecule has 2 aromatic rings. The Morgan fingerprint density at radius 3 is 2.37 bits per heavy atom. The van der Waals surface area contributed by atoms with Crippen molar-refractivity contribution in [3.63, 3.8) is 0 Å². The normalized spacial score (nSPS) is 11.3. The first-order valence-electron chi connectivity index (χ1n) is 5.93. The number of aromatic nitrogens is 2. The maximum Gasteiger partial charge on any atom is 0.310 e. The third kappa shape index (κ3) is 2.93. The van der Waals surface area contributed by atoms with Gasteiger partial charge in [-0.15, -0.1) is 0 Å².